The first kappa shape index (κ1) is 14.6. The van der Waals surface area contributed by atoms with E-state index in [2.05, 4.69) is 49.2 Å². The average molecular weight is 291 g/mol. The molecular weight excluding hydrogens is 270 g/mol. The third-order valence-electron chi connectivity index (χ3n) is 4.32. The Bertz CT molecular complexity index is 825. The van der Waals surface area contributed by atoms with Crippen molar-refractivity contribution in [3.63, 3.8) is 0 Å². The fourth-order valence-electron chi connectivity index (χ4n) is 3.16. The standard InChI is InChI=1S/C20H21NO/c1-14-18(16-12-8-9-13-17(16)22-14)19(21-4)20(2,3)15-10-6-5-7-11-15/h5-13H,1-4H3/b21-19+. The van der Waals surface area contributed by atoms with E-state index in [0.29, 0.717) is 0 Å². The SMILES string of the molecule is C/N=C(\c1c(C)oc2ccccc12)C(C)(C)c1ccccc1. The Morgan fingerprint density at radius 1 is 0.955 bits per heavy atom. The molecule has 3 rings (SSSR count). The molecule has 112 valence electrons. The summed E-state index contributed by atoms with van der Waals surface area (Å²) >= 11 is 0. The highest BCUT2D eigenvalue weighted by molar-refractivity contribution is 6.15. The van der Waals surface area contributed by atoms with Crippen LogP contribution in [0.5, 0.6) is 0 Å². The summed E-state index contributed by atoms with van der Waals surface area (Å²) in [5, 5.41) is 1.13. The minimum Gasteiger partial charge on any atom is -0.461 e. The second kappa shape index (κ2) is 5.45. The molecule has 0 saturated carbocycles. The molecule has 0 aliphatic heterocycles. The monoisotopic (exact) mass is 291 g/mol. The van der Waals surface area contributed by atoms with Gasteiger partial charge in [-0.1, -0.05) is 62.4 Å². The zero-order chi connectivity index (χ0) is 15.7. The molecule has 22 heavy (non-hydrogen) atoms. The molecule has 3 aromatic rings. The molecule has 0 aliphatic carbocycles. The first-order chi connectivity index (χ1) is 10.6. The lowest BCUT2D eigenvalue weighted by Gasteiger charge is -2.27. The van der Waals surface area contributed by atoms with Crippen LogP contribution in [0.2, 0.25) is 0 Å². The molecule has 0 atom stereocenters. The molecule has 0 saturated heterocycles. The van der Waals surface area contributed by atoms with Gasteiger partial charge in [0.25, 0.3) is 0 Å². The number of fused-ring (bicyclic) bond motifs is 1. The van der Waals surface area contributed by atoms with Crippen LogP contribution in [-0.2, 0) is 5.41 Å². The van der Waals surface area contributed by atoms with E-state index in [1.807, 2.05) is 38.2 Å². The Morgan fingerprint density at radius 2 is 1.59 bits per heavy atom. The maximum atomic E-state index is 5.93. The van der Waals surface area contributed by atoms with Gasteiger partial charge in [0.2, 0.25) is 0 Å². The molecule has 0 bridgehead atoms. The third kappa shape index (κ3) is 2.25. The van der Waals surface area contributed by atoms with Gasteiger partial charge in [-0.05, 0) is 18.6 Å². The van der Waals surface area contributed by atoms with E-state index in [1.54, 1.807) is 0 Å². The Morgan fingerprint density at radius 3 is 2.27 bits per heavy atom. The van der Waals surface area contributed by atoms with Crippen LogP contribution in [0.15, 0.2) is 64.0 Å². The highest BCUT2D eigenvalue weighted by atomic mass is 16.3. The summed E-state index contributed by atoms with van der Waals surface area (Å²) in [6.45, 7) is 6.44. The number of nitrogens with zero attached hydrogens (tertiary/aromatic N) is 1. The fourth-order valence-corrected chi connectivity index (χ4v) is 3.16. The lowest BCUT2D eigenvalue weighted by atomic mass is 9.76. The van der Waals surface area contributed by atoms with Gasteiger partial charge in [-0.25, -0.2) is 0 Å². The average Bonchev–Trinajstić information content (AvgIpc) is 2.85. The molecule has 0 spiro atoms. The van der Waals surface area contributed by atoms with Crippen molar-refractivity contribution in [3.05, 3.63) is 71.5 Å². The van der Waals surface area contributed by atoms with Gasteiger partial charge in [0, 0.05) is 23.4 Å². The van der Waals surface area contributed by atoms with Crippen molar-refractivity contribution in [2.24, 2.45) is 4.99 Å². The van der Waals surface area contributed by atoms with Crippen molar-refractivity contribution in [1.82, 2.24) is 0 Å². The minimum atomic E-state index is -0.187. The van der Waals surface area contributed by atoms with E-state index in [-0.39, 0.29) is 5.41 Å². The van der Waals surface area contributed by atoms with Gasteiger partial charge < -0.3 is 4.42 Å². The van der Waals surface area contributed by atoms with Gasteiger partial charge in [-0.2, -0.15) is 0 Å². The molecule has 0 unspecified atom stereocenters. The van der Waals surface area contributed by atoms with Gasteiger partial charge in [0.1, 0.15) is 11.3 Å². The zero-order valence-electron chi connectivity index (χ0n) is 13.6. The van der Waals surface area contributed by atoms with Crippen LogP contribution >= 0.6 is 0 Å². The van der Waals surface area contributed by atoms with Gasteiger partial charge >= 0.3 is 0 Å². The molecule has 1 heterocycles. The molecule has 1 aromatic heterocycles. The molecule has 2 nitrogen and oxygen atoms in total. The van der Waals surface area contributed by atoms with Crippen molar-refractivity contribution in [2.75, 3.05) is 7.05 Å². The van der Waals surface area contributed by atoms with E-state index in [9.17, 15) is 0 Å². The second-order valence-electron chi connectivity index (χ2n) is 6.09. The normalized spacial score (nSPS) is 12.8. The van der Waals surface area contributed by atoms with E-state index in [4.69, 9.17) is 4.42 Å². The highest BCUT2D eigenvalue weighted by Crippen LogP contribution is 2.34. The van der Waals surface area contributed by atoms with Crippen LogP contribution in [0.25, 0.3) is 11.0 Å². The van der Waals surface area contributed by atoms with Crippen molar-refractivity contribution >= 4 is 16.7 Å². The largest absolute Gasteiger partial charge is 0.461 e. The Hall–Kier alpha value is -2.35. The quantitative estimate of drug-likeness (QED) is 0.614. The van der Waals surface area contributed by atoms with E-state index >= 15 is 0 Å². The van der Waals surface area contributed by atoms with Crippen molar-refractivity contribution in [1.29, 1.82) is 0 Å². The summed E-state index contributed by atoms with van der Waals surface area (Å²) in [6, 6.07) is 18.7. The number of benzene rings is 2. The lowest BCUT2D eigenvalue weighted by molar-refractivity contribution is 0.576. The maximum absolute atomic E-state index is 5.93. The fraction of sp³-hybridized carbons (Fsp3) is 0.250. The summed E-state index contributed by atoms with van der Waals surface area (Å²) in [5.74, 6) is 0.922. The number of furan rings is 1. The zero-order valence-corrected chi connectivity index (χ0v) is 13.6. The Kier molecular flexibility index (Phi) is 3.61. The molecule has 0 amide bonds. The smallest absolute Gasteiger partial charge is 0.134 e. The number of hydrogen-bond donors (Lipinski definition) is 0. The highest BCUT2D eigenvalue weighted by Gasteiger charge is 2.31. The predicted octanol–water partition coefficient (Wildman–Crippen LogP) is 5.14. The van der Waals surface area contributed by atoms with Crippen LogP contribution in [0.3, 0.4) is 0 Å². The number of hydrogen-bond acceptors (Lipinski definition) is 2. The van der Waals surface area contributed by atoms with Crippen LogP contribution in [0, 0.1) is 6.92 Å². The number of rotatable bonds is 3. The first-order valence-corrected chi connectivity index (χ1v) is 7.57. The first-order valence-electron chi connectivity index (χ1n) is 7.57. The number of aryl methyl sites for hydroxylation is 1. The topological polar surface area (TPSA) is 25.5 Å². The van der Waals surface area contributed by atoms with Crippen molar-refractivity contribution in [3.8, 4) is 0 Å². The third-order valence-corrected chi connectivity index (χ3v) is 4.32. The van der Waals surface area contributed by atoms with Crippen LogP contribution in [0.1, 0.15) is 30.7 Å². The van der Waals surface area contributed by atoms with Crippen LogP contribution < -0.4 is 0 Å². The summed E-state index contributed by atoms with van der Waals surface area (Å²) in [5.41, 5.74) is 4.15. The molecule has 2 heteroatoms. The van der Waals surface area contributed by atoms with Crippen LogP contribution in [0.4, 0.5) is 0 Å². The summed E-state index contributed by atoms with van der Waals surface area (Å²) in [7, 11) is 1.86. The molecule has 0 N–H and O–H groups in total. The molecule has 0 fully saturated rings. The summed E-state index contributed by atoms with van der Waals surface area (Å²) in [6.07, 6.45) is 0. The van der Waals surface area contributed by atoms with E-state index < -0.39 is 0 Å². The lowest BCUT2D eigenvalue weighted by Crippen LogP contribution is -2.30. The molecular formula is C20H21NO. The predicted molar refractivity (Wildman–Crippen MR) is 92.9 cm³/mol. The van der Waals surface area contributed by atoms with Gasteiger partial charge in [0.05, 0.1) is 5.71 Å². The maximum Gasteiger partial charge on any atom is 0.134 e. The molecule has 0 radical (unpaired) electrons. The van der Waals surface area contributed by atoms with E-state index in [0.717, 1.165) is 28.0 Å². The Balaban J connectivity index is 2.21. The molecule has 0 aliphatic rings. The van der Waals surface area contributed by atoms with Crippen LogP contribution in [-0.4, -0.2) is 12.8 Å². The van der Waals surface area contributed by atoms with Gasteiger partial charge in [-0.3, -0.25) is 4.99 Å². The number of para-hydroxylation sites is 1. The van der Waals surface area contributed by atoms with E-state index in [1.165, 1.54) is 5.56 Å². The Labute approximate surface area is 131 Å². The minimum absolute atomic E-state index is 0.187. The van der Waals surface area contributed by atoms with Crippen molar-refractivity contribution in [2.45, 2.75) is 26.2 Å². The molecule has 2 aromatic carbocycles. The van der Waals surface area contributed by atoms with Gasteiger partial charge in [-0.15, -0.1) is 0 Å². The number of aliphatic imine (C=N–C) groups is 1. The summed E-state index contributed by atoms with van der Waals surface area (Å²) < 4.78 is 5.93. The van der Waals surface area contributed by atoms with Gasteiger partial charge in [0.15, 0.2) is 0 Å². The second-order valence-corrected chi connectivity index (χ2v) is 6.09. The summed E-state index contributed by atoms with van der Waals surface area (Å²) in [4.78, 5) is 4.65. The van der Waals surface area contributed by atoms with Crippen molar-refractivity contribution < 1.29 is 4.42 Å².